The summed E-state index contributed by atoms with van der Waals surface area (Å²) in [5.74, 6) is 0.496. The molecule has 1 N–H and O–H groups in total. The van der Waals surface area contributed by atoms with Crippen LogP contribution in [0.4, 0.5) is 0 Å². The van der Waals surface area contributed by atoms with Gasteiger partial charge in [-0.1, -0.05) is 34.4 Å². The molecule has 0 radical (unpaired) electrons. The lowest BCUT2D eigenvalue weighted by molar-refractivity contribution is -0.125. The monoisotopic (exact) mass is 380 g/mol. The summed E-state index contributed by atoms with van der Waals surface area (Å²) in [5, 5.41) is 7.52. The van der Waals surface area contributed by atoms with E-state index >= 15 is 0 Å². The molecule has 0 aliphatic heterocycles. The van der Waals surface area contributed by atoms with Crippen LogP contribution in [0.25, 0.3) is 0 Å². The number of nitrogens with zero attached hydrogens (tertiary/aromatic N) is 1. The summed E-state index contributed by atoms with van der Waals surface area (Å²) >= 11 is 11.9. The number of hydrogen-bond donors (Lipinski definition) is 1. The maximum Gasteiger partial charge on any atom is 0.261 e. The highest BCUT2D eigenvalue weighted by atomic mass is 35.5. The highest BCUT2D eigenvalue weighted by molar-refractivity contribution is 6.35. The molecule has 132 valence electrons. The molecule has 2 aromatic carbocycles. The summed E-state index contributed by atoms with van der Waals surface area (Å²) in [6.45, 7) is 2.65. The summed E-state index contributed by atoms with van der Waals surface area (Å²) in [4.78, 5) is 16.7. The standard InChI is InChI=1S/C18H18Cl2N2O3/c1-2-24-16-7-3-13(4-8-16)10-22-25-12-18(23)21-11-14-5-6-15(19)9-17(14)20/h3-10H,2,11-12H2,1H3,(H,21,23)/b22-10-. The molecule has 0 saturated carbocycles. The van der Waals surface area contributed by atoms with Gasteiger partial charge in [0, 0.05) is 16.6 Å². The Kier molecular flexibility index (Phi) is 7.57. The van der Waals surface area contributed by atoms with Gasteiger partial charge in [0.15, 0.2) is 6.61 Å². The summed E-state index contributed by atoms with van der Waals surface area (Å²) < 4.78 is 5.35. The Morgan fingerprint density at radius 1 is 1.20 bits per heavy atom. The van der Waals surface area contributed by atoms with Gasteiger partial charge in [-0.15, -0.1) is 0 Å². The Bertz CT molecular complexity index is 734. The van der Waals surface area contributed by atoms with Gasteiger partial charge in [0.2, 0.25) is 0 Å². The zero-order chi connectivity index (χ0) is 18.1. The average Bonchev–Trinajstić information content (AvgIpc) is 2.59. The molecular formula is C18H18Cl2N2O3. The van der Waals surface area contributed by atoms with E-state index < -0.39 is 0 Å². The van der Waals surface area contributed by atoms with Crippen molar-refractivity contribution in [2.45, 2.75) is 13.5 Å². The number of carbonyl (C=O) groups excluding carboxylic acids is 1. The molecule has 0 aliphatic rings. The minimum absolute atomic E-state index is 0.182. The van der Waals surface area contributed by atoms with Gasteiger partial charge < -0.3 is 14.9 Å². The molecule has 0 unspecified atom stereocenters. The van der Waals surface area contributed by atoms with E-state index in [-0.39, 0.29) is 12.5 Å². The van der Waals surface area contributed by atoms with Crippen molar-refractivity contribution in [1.29, 1.82) is 0 Å². The molecule has 2 rings (SSSR count). The number of halogens is 2. The quantitative estimate of drug-likeness (QED) is 0.554. The molecule has 0 atom stereocenters. The number of amides is 1. The van der Waals surface area contributed by atoms with Crippen LogP contribution in [0.2, 0.25) is 10.0 Å². The largest absolute Gasteiger partial charge is 0.494 e. The van der Waals surface area contributed by atoms with Gasteiger partial charge in [-0.05, 0) is 54.4 Å². The molecule has 2 aromatic rings. The van der Waals surface area contributed by atoms with Gasteiger partial charge in [-0.3, -0.25) is 4.79 Å². The number of oxime groups is 1. The van der Waals surface area contributed by atoms with Gasteiger partial charge in [0.05, 0.1) is 12.8 Å². The Labute approximate surface area is 156 Å². The Balaban J connectivity index is 1.72. The Morgan fingerprint density at radius 2 is 1.96 bits per heavy atom. The third kappa shape index (κ3) is 6.64. The SMILES string of the molecule is CCOc1ccc(/C=N\OCC(=O)NCc2ccc(Cl)cc2Cl)cc1. The number of rotatable bonds is 8. The molecule has 0 aliphatic carbocycles. The van der Waals surface area contributed by atoms with E-state index in [2.05, 4.69) is 10.5 Å². The highest BCUT2D eigenvalue weighted by Gasteiger charge is 2.05. The van der Waals surface area contributed by atoms with Crippen LogP contribution < -0.4 is 10.1 Å². The topological polar surface area (TPSA) is 59.9 Å². The minimum atomic E-state index is -0.296. The normalized spacial score (nSPS) is 10.7. The average molecular weight is 381 g/mol. The lowest BCUT2D eigenvalue weighted by Crippen LogP contribution is -2.26. The first-order valence-corrected chi connectivity index (χ1v) is 8.43. The molecule has 0 heterocycles. The van der Waals surface area contributed by atoms with E-state index in [0.717, 1.165) is 16.9 Å². The molecule has 7 heteroatoms. The second-order valence-corrected chi connectivity index (χ2v) is 5.87. The van der Waals surface area contributed by atoms with Gasteiger partial charge in [-0.25, -0.2) is 0 Å². The molecular weight excluding hydrogens is 363 g/mol. The maximum atomic E-state index is 11.7. The fourth-order valence-electron chi connectivity index (χ4n) is 1.92. The summed E-state index contributed by atoms with van der Waals surface area (Å²) in [7, 11) is 0. The van der Waals surface area contributed by atoms with Crippen LogP contribution in [0.3, 0.4) is 0 Å². The van der Waals surface area contributed by atoms with Crippen LogP contribution in [-0.4, -0.2) is 25.3 Å². The van der Waals surface area contributed by atoms with Crippen molar-refractivity contribution in [3.05, 3.63) is 63.6 Å². The van der Waals surface area contributed by atoms with Crippen molar-refractivity contribution < 1.29 is 14.4 Å². The maximum absolute atomic E-state index is 11.7. The second kappa shape index (κ2) is 9.91. The van der Waals surface area contributed by atoms with Crippen LogP contribution in [-0.2, 0) is 16.2 Å². The smallest absolute Gasteiger partial charge is 0.261 e. The van der Waals surface area contributed by atoms with Crippen molar-refractivity contribution in [3.8, 4) is 5.75 Å². The van der Waals surface area contributed by atoms with Crippen LogP contribution in [0.1, 0.15) is 18.1 Å². The fraction of sp³-hybridized carbons (Fsp3) is 0.222. The lowest BCUT2D eigenvalue weighted by Gasteiger charge is -2.06. The van der Waals surface area contributed by atoms with E-state index in [1.807, 2.05) is 31.2 Å². The molecule has 0 fully saturated rings. The lowest BCUT2D eigenvalue weighted by atomic mass is 10.2. The van der Waals surface area contributed by atoms with E-state index in [4.69, 9.17) is 32.8 Å². The molecule has 0 spiro atoms. The summed E-state index contributed by atoms with van der Waals surface area (Å²) in [5.41, 5.74) is 1.62. The number of nitrogens with one attached hydrogen (secondary N) is 1. The third-order valence-electron chi connectivity index (χ3n) is 3.15. The van der Waals surface area contributed by atoms with Crippen molar-refractivity contribution in [2.24, 2.45) is 5.16 Å². The third-order valence-corrected chi connectivity index (χ3v) is 3.74. The highest BCUT2D eigenvalue weighted by Crippen LogP contribution is 2.20. The minimum Gasteiger partial charge on any atom is -0.494 e. The second-order valence-electron chi connectivity index (χ2n) is 5.02. The van der Waals surface area contributed by atoms with E-state index in [1.165, 1.54) is 6.21 Å². The molecule has 1 amide bonds. The number of hydrogen-bond acceptors (Lipinski definition) is 4. The molecule has 5 nitrogen and oxygen atoms in total. The van der Waals surface area contributed by atoms with Crippen molar-refractivity contribution in [2.75, 3.05) is 13.2 Å². The van der Waals surface area contributed by atoms with Gasteiger partial charge >= 0.3 is 0 Å². The van der Waals surface area contributed by atoms with Crippen LogP contribution in [0, 0.1) is 0 Å². The van der Waals surface area contributed by atoms with Crippen molar-refractivity contribution >= 4 is 35.3 Å². The van der Waals surface area contributed by atoms with Crippen molar-refractivity contribution in [3.63, 3.8) is 0 Å². The van der Waals surface area contributed by atoms with E-state index in [9.17, 15) is 4.79 Å². The zero-order valence-corrected chi connectivity index (χ0v) is 15.2. The first kappa shape index (κ1) is 19.1. The molecule has 0 aromatic heterocycles. The fourth-order valence-corrected chi connectivity index (χ4v) is 2.40. The van der Waals surface area contributed by atoms with Gasteiger partial charge in [0.25, 0.3) is 5.91 Å². The number of benzene rings is 2. The molecule has 0 saturated heterocycles. The first-order chi connectivity index (χ1) is 12.1. The van der Waals surface area contributed by atoms with E-state index in [0.29, 0.717) is 23.2 Å². The van der Waals surface area contributed by atoms with Crippen LogP contribution in [0.5, 0.6) is 5.75 Å². The van der Waals surface area contributed by atoms with Crippen molar-refractivity contribution in [1.82, 2.24) is 5.32 Å². The van der Waals surface area contributed by atoms with Crippen LogP contribution >= 0.6 is 23.2 Å². The molecule has 25 heavy (non-hydrogen) atoms. The van der Waals surface area contributed by atoms with Crippen LogP contribution in [0.15, 0.2) is 47.6 Å². The van der Waals surface area contributed by atoms with E-state index in [1.54, 1.807) is 18.2 Å². The number of ether oxygens (including phenoxy) is 1. The zero-order valence-electron chi connectivity index (χ0n) is 13.7. The van der Waals surface area contributed by atoms with Gasteiger partial charge in [-0.2, -0.15) is 0 Å². The summed E-state index contributed by atoms with van der Waals surface area (Å²) in [6, 6.07) is 12.5. The predicted octanol–water partition coefficient (Wildman–Crippen LogP) is 4.06. The molecule has 0 bridgehead atoms. The number of carbonyl (C=O) groups is 1. The Hall–Kier alpha value is -2.24. The Morgan fingerprint density at radius 3 is 2.64 bits per heavy atom. The van der Waals surface area contributed by atoms with Gasteiger partial charge in [0.1, 0.15) is 5.75 Å². The first-order valence-electron chi connectivity index (χ1n) is 7.67. The predicted molar refractivity (Wildman–Crippen MR) is 99.5 cm³/mol. The summed E-state index contributed by atoms with van der Waals surface area (Å²) in [6.07, 6.45) is 1.53.